The molecule has 2 fully saturated rings. The van der Waals surface area contributed by atoms with E-state index in [9.17, 15) is 0 Å². The van der Waals surface area contributed by atoms with Gasteiger partial charge in [-0.15, -0.1) is 0 Å². The topological polar surface area (TPSA) is 38.2 Å². The quantitative estimate of drug-likeness (QED) is 0.689. The Hall–Kier alpha value is -1.16. The number of fused-ring (bicyclic) bond motifs is 2. The van der Waals surface area contributed by atoms with Gasteiger partial charge in [-0.05, 0) is 25.3 Å². The molecule has 0 saturated carbocycles. The third kappa shape index (κ3) is 1.69. The van der Waals surface area contributed by atoms with Crippen molar-refractivity contribution in [2.24, 2.45) is 0 Å². The van der Waals surface area contributed by atoms with Gasteiger partial charge in [0.25, 0.3) is 0 Å². The summed E-state index contributed by atoms with van der Waals surface area (Å²) in [6.07, 6.45) is 6.92. The van der Waals surface area contributed by atoms with E-state index in [1.165, 1.54) is 12.8 Å². The Morgan fingerprint density at radius 3 is 2.40 bits per heavy atom. The average Bonchev–Trinajstić information content (AvgIpc) is 2.59. The third-order valence-electron chi connectivity index (χ3n) is 3.09. The van der Waals surface area contributed by atoms with E-state index in [1.807, 2.05) is 19.3 Å². The smallest absolute Gasteiger partial charge is 0.225 e. The van der Waals surface area contributed by atoms with Crippen LogP contribution in [-0.2, 0) is 4.74 Å². The predicted molar refractivity (Wildman–Crippen MR) is 56.9 cm³/mol. The van der Waals surface area contributed by atoms with Crippen LogP contribution in [0.15, 0.2) is 12.4 Å². The highest BCUT2D eigenvalue weighted by Crippen LogP contribution is 2.27. The van der Waals surface area contributed by atoms with Crippen molar-refractivity contribution in [1.29, 1.82) is 0 Å². The second-order valence-corrected chi connectivity index (χ2v) is 4.42. The Morgan fingerprint density at radius 2 is 1.80 bits per heavy atom. The summed E-state index contributed by atoms with van der Waals surface area (Å²) in [5.74, 6) is 0.848. The van der Waals surface area contributed by atoms with Gasteiger partial charge in [0.15, 0.2) is 0 Å². The second-order valence-electron chi connectivity index (χ2n) is 4.42. The van der Waals surface area contributed by atoms with E-state index < -0.39 is 0 Å². The highest BCUT2D eigenvalue weighted by Gasteiger charge is 2.34. The average molecular weight is 205 g/mol. The van der Waals surface area contributed by atoms with Crippen LogP contribution in [0.1, 0.15) is 18.4 Å². The summed E-state index contributed by atoms with van der Waals surface area (Å²) in [6.45, 7) is 3.89. The molecule has 3 rings (SSSR count). The van der Waals surface area contributed by atoms with Crippen molar-refractivity contribution in [2.45, 2.75) is 32.0 Å². The van der Waals surface area contributed by atoms with Crippen molar-refractivity contribution in [3.05, 3.63) is 18.0 Å². The lowest BCUT2D eigenvalue weighted by atomic mass is 10.2. The molecule has 2 aliphatic rings. The lowest BCUT2D eigenvalue weighted by Crippen LogP contribution is -2.43. The molecule has 0 spiro atoms. The molecule has 2 saturated heterocycles. The summed E-state index contributed by atoms with van der Waals surface area (Å²) in [5.41, 5.74) is 1.11. The zero-order chi connectivity index (χ0) is 10.3. The normalized spacial score (nSPS) is 29.5. The molecule has 4 nitrogen and oxygen atoms in total. The van der Waals surface area contributed by atoms with Gasteiger partial charge in [-0.3, -0.25) is 0 Å². The fourth-order valence-electron chi connectivity index (χ4n) is 2.33. The molecule has 0 amide bonds. The molecule has 2 unspecified atom stereocenters. The number of aromatic nitrogens is 2. The molecule has 0 N–H and O–H groups in total. The van der Waals surface area contributed by atoms with Gasteiger partial charge in [0.05, 0.1) is 12.2 Å². The van der Waals surface area contributed by atoms with Crippen LogP contribution >= 0.6 is 0 Å². The SMILES string of the molecule is Cc1cnc(N2CC3CCC(C2)O3)nc1. The van der Waals surface area contributed by atoms with Crippen molar-refractivity contribution in [3.63, 3.8) is 0 Å². The fraction of sp³-hybridized carbons (Fsp3) is 0.636. The zero-order valence-electron chi connectivity index (χ0n) is 8.89. The van der Waals surface area contributed by atoms with Gasteiger partial charge in [-0.2, -0.15) is 0 Å². The van der Waals surface area contributed by atoms with Crippen molar-refractivity contribution in [3.8, 4) is 0 Å². The minimum absolute atomic E-state index is 0.397. The highest BCUT2D eigenvalue weighted by molar-refractivity contribution is 5.31. The van der Waals surface area contributed by atoms with Crippen LogP contribution in [0.3, 0.4) is 0 Å². The maximum absolute atomic E-state index is 5.78. The molecular formula is C11H15N3O. The Morgan fingerprint density at radius 1 is 1.20 bits per heavy atom. The van der Waals surface area contributed by atoms with E-state index in [-0.39, 0.29) is 0 Å². The van der Waals surface area contributed by atoms with Crippen LogP contribution in [0.2, 0.25) is 0 Å². The van der Waals surface area contributed by atoms with Crippen LogP contribution in [0.5, 0.6) is 0 Å². The number of aryl methyl sites for hydroxylation is 1. The molecule has 1 aromatic rings. The fourth-order valence-corrected chi connectivity index (χ4v) is 2.33. The van der Waals surface area contributed by atoms with E-state index in [0.29, 0.717) is 12.2 Å². The molecule has 2 aliphatic heterocycles. The van der Waals surface area contributed by atoms with Crippen LogP contribution in [-0.4, -0.2) is 35.3 Å². The first kappa shape index (κ1) is 9.09. The molecule has 2 atom stereocenters. The van der Waals surface area contributed by atoms with Crippen LogP contribution in [0, 0.1) is 6.92 Å². The monoisotopic (exact) mass is 205 g/mol. The summed E-state index contributed by atoms with van der Waals surface area (Å²) < 4.78 is 5.78. The maximum Gasteiger partial charge on any atom is 0.225 e. The maximum atomic E-state index is 5.78. The first-order valence-electron chi connectivity index (χ1n) is 5.50. The minimum atomic E-state index is 0.397. The highest BCUT2D eigenvalue weighted by atomic mass is 16.5. The number of nitrogens with zero attached hydrogens (tertiary/aromatic N) is 3. The summed E-state index contributed by atoms with van der Waals surface area (Å²) in [7, 11) is 0. The third-order valence-corrected chi connectivity index (χ3v) is 3.09. The van der Waals surface area contributed by atoms with Gasteiger partial charge in [-0.25, -0.2) is 9.97 Å². The first-order chi connectivity index (χ1) is 7.31. The number of rotatable bonds is 1. The number of ether oxygens (including phenoxy) is 1. The Labute approximate surface area is 89.3 Å². The van der Waals surface area contributed by atoms with Crippen molar-refractivity contribution in [2.75, 3.05) is 18.0 Å². The van der Waals surface area contributed by atoms with Crippen LogP contribution < -0.4 is 4.90 Å². The van der Waals surface area contributed by atoms with Gasteiger partial charge >= 0.3 is 0 Å². The number of hydrogen-bond acceptors (Lipinski definition) is 4. The summed E-state index contributed by atoms with van der Waals surface area (Å²) in [4.78, 5) is 11.0. The molecule has 2 bridgehead atoms. The van der Waals surface area contributed by atoms with E-state index in [2.05, 4.69) is 14.9 Å². The standard InChI is InChI=1S/C11H15N3O/c1-8-4-12-11(13-5-8)14-6-9-2-3-10(7-14)15-9/h4-5,9-10H,2-3,6-7H2,1H3. The molecule has 0 radical (unpaired) electrons. The molecule has 0 aliphatic carbocycles. The number of hydrogen-bond donors (Lipinski definition) is 0. The predicted octanol–water partition coefficient (Wildman–Crippen LogP) is 1.15. The zero-order valence-corrected chi connectivity index (χ0v) is 8.89. The van der Waals surface area contributed by atoms with E-state index in [1.54, 1.807) is 0 Å². The second kappa shape index (κ2) is 3.45. The molecule has 0 aromatic carbocycles. The molecule has 80 valence electrons. The molecular weight excluding hydrogens is 190 g/mol. The Bertz CT molecular complexity index is 339. The van der Waals surface area contributed by atoms with E-state index in [0.717, 1.165) is 24.6 Å². The van der Waals surface area contributed by atoms with Gasteiger partial charge in [-0.1, -0.05) is 0 Å². The van der Waals surface area contributed by atoms with E-state index >= 15 is 0 Å². The van der Waals surface area contributed by atoms with Gasteiger partial charge in [0, 0.05) is 25.5 Å². The summed E-state index contributed by atoms with van der Waals surface area (Å²) >= 11 is 0. The Kier molecular flexibility index (Phi) is 2.09. The van der Waals surface area contributed by atoms with Gasteiger partial charge < -0.3 is 9.64 Å². The lowest BCUT2D eigenvalue weighted by molar-refractivity contribution is 0.0299. The summed E-state index contributed by atoms with van der Waals surface area (Å²) in [6, 6.07) is 0. The molecule has 3 heterocycles. The largest absolute Gasteiger partial charge is 0.371 e. The summed E-state index contributed by atoms with van der Waals surface area (Å²) in [5, 5.41) is 0. The van der Waals surface area contributed by atoms with Crippen LogP contribution in [0.25, 0.3) is 0 Å². The van der Waals surface area contributed by atoms with Gasteiger partial charge in [0.1, 0.15) is 0 Å². The van der Waals surface area contributed by atoms with E-state index in [4.69, 9.17) is 4.74 Å². The molecule has 15 heavy (non-hydrogen) atoms. The van der Waals surface area contributed by atoms with Crippen molar-refractivity contribution >= 4 is 5.95 Å². The van der Waals surface area contributed by atoms with Crippen molar-refractivity contribution < 1.29 is 4.74 Å². The number of anilines is 1. The van der Waals surface area contributed by atoms with Crippen LogP contribution in [0.4, 0.5) is 5.95 Å². The van der Waals surface area contributed by atoms with Gasteiger partial charge in [0.2, 0.25) is 5.95 Å². The number of morpholine rings is 1. The van der Waals surface area contributed by atoms with Crippen molar-refractivity contribution in [1.82, 2.24) is 9.97 Å². The lowest BCUT2D eigenvalue weighted by Gasteiger charge is -2.31. The Balaban J connectivity index is 1.80. The molecule has 4 heteroatoms. The minimum Gasteiger partial charge on any atom is -0.371 e. The molecule has 1 aromatic heterocycles. The first-order valence-corrected chi connectivity index (χ1v) is 5.50.